The minimum atomic E-state index is -1.61. The van der Waals surface area contributed by atoms with Crippen LogP contribution in [0.1, 0.15) is 37.0 Å². The van der Waals surface area contributed by atoms with Gasteiger partial charge in [-0.3, -0.25) is 4.79 Å². The monoisotopic (exact) mass is 421 g/mol. The molecule has 0 aliphatic carbocycles. The van der Waals surface area contributed by atoms with E-state index in [1.165, 1.54) is 12.1 Å². The number of benzene rings is 2. The van der Waals surface area contributed by atoms with Crippen molar-refractivity contribution in [1.29, 1.82) is 0 Å². The van der Waals surface area contributed by atoms with Crippen LogP contribution in [0.4, 0.5) is 4.39 Å². The molecule has 1 amide bonds. The van der Waals surface area contributed by atoms with E-state index in [0.717, 1.165) is 30.2 Å². The summed E-state index contributed by atoms with van der Waals surface area (Å²) in [6.07, 6.45) is -0.149. The summed E-state index contributed by atoms with van der Waals surface area (Å²) in [5.41, 5.74) is 0.641. The SMILES string of the molecule is CCOc1ccc(C2(CNC(=O)C(O)c3ccc(Cl)cc3F)CCOCC2)cc1. The number of nitrogens with one attached hydrogen (secondary N) is 1. The number of carbonyl (C=O) groups excluding carboxylic acids is 1. The summed E-state index contributed by atoms with van der Waals surface area (Å²) >= 11 is 5.74. The van der Waals surface area contributed by atoms with Gasteiger partial charge in [-0.05, 0) is 49.6 Å². The predicted octanol–water partition coefficient (Wildman–Crippen LogP) is 3.78. The van der Waals surface area contributed by atoms with E-state index < -0.39 is 17.8 Å². The van der Waals surface area contributed by atoms with E-state index in [4.69, 9.17) is 21.1 Å². The second kappa shape index (κ2) is 9.57. The number of aliphatic hydroxyl groups excluding tert-OH is 1. The maximum atomic E-state index is 14.0. The lowest BCUT2D eigenvalue weighted by Gasteiger charge is -2.38. The molecule has 156 valence electrons. The summed E-state index contributed by atoms with van der Waals surface area (Å²) < 4.78 is 25.1. The Balaban J connectivity index is 1.74. The maximum absolute atomic E-state index is 14.0. The Morgan fingerprint density at radius 3 is 2.59 bits per heavy atom. The molecule has 2 N–H and O–H groups in total. The summed E-state index contributed by atoms with van der Waals surface area (Å²) in [6, 6.07) is 11.7. The summed E-state index contributed by atoms with van der Waals surface area (Å²) in [5.74, 6) is -0.577. The van der Waals surface area contributed by atoms with Gasteiger partial charge in [0.2, 0.25) is 0 Å². The third-order valence-electron chi connectivity index (χ3n) is 5.33. The number of rotatable bonds is 7. The highest BCUT2D eigenvalue weighted by atomic mass is 35.5. The third kappa shape index (κ3) is 5.07. The fourth-order valence-electron chi connectivity index (χ4n) is 3.62. The number of ether oxygens (including phenoxy) is 2. The van der Waals surface area contributed by atoms with Crippen molar-refractivity contribution < 1.29 is 23.8 Å². The Bertz CT molecular complexity index is 837. The molecule has 29 heavy (non-hydrogen) atoms. The highest BCUT2D eigenvalue weighted by Gasteiger charge is 2.35. The quantitative estimate of drug-likeness (QED) is 0.714. The number of hydrogen-bond acceptors (Lipinski definition) is 4. The van der Waals surface area contributed by atoms with Crippen LogP contribution in [0.15, 0.2) is 42.5 Å². The van der Waals surface area contributed by atoms with E-state index in [2.05, 4.69) is 5.32 Å². The van der Waals surface area contributed by atoms with Crippen molar-refractivity contribution in [1.82, 2.24) is 5.32 Å². The minimum absolute atomic E-state index is 0.103. The molecule has 2 aromatic rings. The van der Waals surface area contributed by atoms with Crippen LogP contribution >= 0.6 is 11.6 Å². The highest BCUT2D eigenvalue weighted by Crippen LogP contribution is 2.35. The van der Waals surface area contributed by atoms with E-state index in [0.29, 0.717) is 26.4 Å². The Morgan fingerprint density at radius 1 is 1.28 bits per heavy atom. The van der Waals surface area contributed by atoms with Gasteiger partial charge in [-0.15, -0.1) is 0 Å². The predicted molar refractivity (Wildman–Crippen MR) is 109 cm³/mol. The summed E-state index contributed by atoms with van der Waals surface area (Å²) in [7, 11) is 0. The molecule has 2 aromatic carbocycles. The van der Waals surface area contributed by atoms with E-state index in [1.807, 2.05) is 31.2 Å². The van der Waals surface area contributed by atoms with Gasteiger partial charge in [-0.2, -0.15) is 0 Å². The molecule has 0 aromatic heterocycles. The van der Waals surface area contributed by atoms with Gasteiger partial charge in [0.25, 0.3) is 5.91 Å². The molecule has 1 saturated heterocycles. The van der Waals surface area contributed by atoms with Gasteiger partial charge in [0, 0.05) is 35.8 Å². The zero-order chi connectivity index (χ0) is 20.9. The lowest BCUT2D eigenvalue weighted by molar-refractivity contribution is -0.130. The first kappa shape index (κ1) is 21.6. The van der Waals surface area contributed by atoms with Crippen LogP contribution in [-0.4, -0.2) is 37.4 Å². The van der Waals surface area contributed by atoms with E-state index >= 15 is 0 Å². The summed E-state index contributed by atoms with van der Waals surface area (Å²) in [4.78, 5) is 12.5. The average Bonchev–Trinajstić information content (AvgIpc) is 2.73. The highest BCUT2D eigenvalue weighted by molar-refractivity contribution is 6.30. The Labute approximate surface area is 174 Å². The molecule has 0 saturated carbocycles. The number of amides is 1. The Kier molecular flexibility index (Phi) is 7.11. The van der Waals surface area contributed by atoms with Crippen molar-refractivity contribution in [2.75, 3.05) is 26.4 Å². The summed E-state index contributed by atoms with van der Waals surface area (Å²) in [6.45, 7) is 4.00. The van der Waals surface area contributed by atoms with Crippen LogP contribution in [0.3, 0.4) is 0 Å². The third-order valence-corrected chi connectivity index (χ3v) is 5.57. The average molecular weight is 422 g/mol. The van der Waals surface area contributed by atoms with Gasteiger partial charge in [0.1, 0.15) is 11.6 Å². The van der Waals surface area contributed by atoms with Gasteiger partial charge in [0.15, 0.2) is 6.10 Å². The van der Waals surface area contributed by atoms with Crippen LogP contribution < -0.4 is 10.1 Å². The molecule has 0 radical (unpaired) electrons. The second-order valence-corrected chi connectivity index (χ2v) is 7.57. The number of carbonyl (C=O) groups is 1. The molecule has 1 atom stereocenters. The van der Waals surface area contributed by atoms with Crippen LogP contribution in [0.5, 0.6) is 5.75 Å². The van der Waals surface area contributed by atoms with Gasteiger partial charge in [0.05, 0.1) is 6.61 Å². The van der Waals surface area contributed by atoms with Crippen molar-refractivity contribution in [2.45, 2.75) is 31.3 Å². The second-order valence-electron chi connectivity index (χ2n) is 7.14. The zero-order valence-electron chi connectivity index (χ0n) is 16.3. The van der Waals surface area contributed by atoms with Crippen LogP contribution in [0.25, 0.3) is 0 Å². The molecule has 1 unspecified atom stereocenters. The molecule has 1 aliphatic rings. The van der Waals surface area contributed by atoms with Crippen LogP contribution in [-0.2, 0) is 14.9 Å². The fraction of sp³-hybridized carbons (Fsp3) is 0.409. The minimum Gasteiger partial charge on any atom is -0.494 e. The lowest BCUT2D eigenvalue weighted by Crippen LogP contribution is -2.45. The van der Waals surface area contributed by atoms with Gasteiger partial charge in [-0.25, -0.2) is 4.39 Å². The van der Waals surface area contributed by atoms with E-state index in [-0.39, 0.29) is 16.0 Å². The zero-order valence-corrected chi connectivity index (χ0v) is 17.0. The molecule has 1 fully saturated rings. The number of aliphatic hydroxyl groups is 1. The lowest BCUT2D eigenvalue weighted by atomic mass is 9.74. The van der Waals surface area contributed by atoms with Crippen molar-refractivity contribution >= 4 is 17.5 Å². The normalized spacial score (nSPS) is 16.8. The van der Waals surface area contributed by atoms with Gasteiger partial charge < -0.3 is 19.9 Å². The molecule has 3 rings (SSSR count). The molecule has 7 heteroatoms. The topological polar surface area (TPSA) is 67.8 Å². The summed E-state index contributed by atoms with van der Waals surface area (Å²) in [5, 5.41) is 13.3. The molecular weight excluding hydrogens is 397 g/mol. The first-order valence-electron chi connectivity index (χ1n) is 9.67. The smallest absolute Gasteiger partial charge is 0.253 e. The van der Waals surface area contributed by atoms with Gasteiger partial charge >= 0.3 is 0 Å². The number of hydrogen-bond donors (Lipinski definition) is 2. The Morgan fingerprint density at radius 2 is 1.97 bits per heavy atom. The molecule has 1 heterocycles. The van der Waals surface area contributed by atoms with Crippen molar-refractivity contribution in [3.05, 3.63) is 64.4 Å². The Hall–Kier alpha value is -2.15. The molecule has 5 nitrogen and oxygen atoms in total. The molecule has 0 spiro atoms. The number of halogens is 2. The largest absolute Gasteiger partial charge is 0.494 e. The first-order valence-corrected chi connectivity index (χ1v) is 10.0. The van der Waals surface area contributed by atoms with Crippen LogP contribution in [0, 0.1) is 5.82 Å². The van der Waals surface area contributed by atoms with E-state index in [1.54, 1.807) is 0 Å². The van der Waals surface area contributed by atoms with Crippen molar-refractivity contribution in [3.8, 4) is 5.75 Å². The molecule has 0 bridgehead atoms. The van der Waals surface area contributed by atoms with Crippen molar-refractivity contribution in [3.63, 3.8) is 0 Å². The first-order chi connectivity index (χ1) is 13.9. The standard InChI is InChI=1S/C22H25ClFNO4/c1-2-29-17-6-3-15(4-7-17)22(9-11-28-12-10-22)14-25-21(27)20(26)18-8-5-16(23)13-19(18)24/h3-8,13,20,26H,2,9-12,14H2,1H3,(H,25,27). The fourth-order valence-corrected chi connectivity index (χ4v) is 3.78. The van der Waals surface area contributed by atoms with Gasteiger partial charge in [-0.1, -0.05) is 29.8 Å². The van der Waals surface area contributed by atoms with Crippen LogP contribution in [0.2, 0.25) is 5.02 Å². The van der Waals surface area contributed by atoms with Crippen molar-refractivity contribution in [2.24, 2.45) is 0 Å². The molecular formula is C22H25ClFNO4. The maximum Gasteiger partial charge on any atom is 0.253 e. The van der Waals surface area contributed by atoms with E-state index in [9.17, 15) is 14.3 Å². The molecule has 1 aliphatic heterocycles.